The molecule has 40 heavy (non-hydrogen) atoms. The van der Waals surface area contributed by atoms with Crippen molar-refractivity contribution in [3.8, 4) is 17.2 Å². The first-order valence-electron chi connectivity index (χ1n) is 12.5. The zero-order valence-electron chi connectivity index (χ0n) is 22.8. The van der Waals surface area contributed by atoms with Gasteiger partial charge in [0.05, 0.1) is 13.4 Å². The summed E-state index contributed by atoms with van der Waals surface area (Å²) < 4.78 is 55.7. The minimum atomic E-state index is -4.61. The van der Waals surface area contributed by atoms with Gasteiger partial charge in [-0.15, -0.1) is 0 Å². The van der Waals surface area contributed by atoms with Crippen LogP contribution in [0.15, 0.2) is 83.4 Å². The Morgan fingerprint density at radius 1 is 1.20 bits per heavy atom. The molecule has 0 saturated heterocycles. The summed E-state index contributed by atoms with van der Waals surface area (Å²) in [6, 6.07) is 5.20. The van der Waals surface area contributed by atoms with E-state index in [9.17, 15) is 18.0 Å². The van der Waals surface area contributed by atoms with E-state index in [1.807, 2.05) is 32.1 Å². The fourth-order valence-corrected chi connectivity index (χ4v) is 3.51. The number of benzene rings is 1. The van der Waals surface area contributed by atoms with Gasteiger partial charge >= 0.3 is 6.18 Å². The van der Waals surface area contributed by atoms with E-state index in [1.54, 1.807) is 18.4 Å². The predicted octanol–water partition coefficient (Wildman–Crippen LogP) is 6.57. The van der Waals surface area contributed by atoms with Crippen molar-refractivity contribution < 1.29 is 31.9 Å². The number of amides is 1. The Balaban J connectivity index is 0.00000134. The van der Waals surface area contributed by atoms with Gasteiger partial charge in [-0.25, -0.2) is 9.97 Å². The van der Waals surface area contributed by atoms with Crippen molar-refractivity contribution >= 4 is 16.8 Å². The van der Waals surface area contributed by atoms with Crippen molar-refractivity contribution in [1.82, 2.24) is 15.3 Å². The number of halogens is 3. The van der Waals surface area contributed by atoms with E-state index >= 15 is 0 Å². The monoisotopic (exact) mass is 558 g/mol. The number of alkyl halides is 3. The highest BCUT2D eigenvalue weighted by molar-refractivity contribution is 5.97. The molecule has 3 heterocycles. The summed E-state index contributed by atoms with van der Waals surface area (Å²) in [6.45, 7) is 7.87. The molecule has 0 bridgehead atoms. The Hall–Kier alpha value is -4.38. The van der Waals surface area contributed by atoms with Crippen LogP contribution >= 0.6 is 0 Å². The van der Waals surface area contributed by atoms with Crippen molar-refractivity contribution in [2.45, 2.75) is 32.9 Å². The quantitative estimate of drug-likeness (QED) is 0.301. The summed E-state index contributed by atoms with van der Waals surface area (Å²) in [5.74, 6) is 0.578. The average Bonchev–Trinajstić information content (AvgIpc) is 3.48. The molecule has 0 radical (unpaired) electrons. The Morgan fingerprint density at radius 3 is 2.58 bits per heavy atom. The van der Waals surface area contributed by atoms with Gasteiger partial charge in [0.2, 0.25) is 5.89 Å². The molecule has 0 spiro atoms. The SMILES string of the molecule is C=C/C=C\CC1=CCC(CNC(=O)c2coc(-c3ccc(OC)c4nc(C(F)(F)F)ccc34)n2)=CO1.CC.CN. The van der Waals surface area contributed by atoms with E-state index in [0.717, 1.165) is 17.4 Å². The maximum absolute atomic E-state index is 13.2. The van der Waals surface area contributed by atoms with Crippen LogP contribution in [0, 0.1) is 0 Å². The molecular formula is C29H33F3N4O4. The second-order valence-corrected chi connectivity index (χ2v) is 7.76. The van der Waals surface area contributed by atoms with Crippen LogP contribution < -0.4 is 15.8 Å². The third-order valence-corrected chi connectivity index (χ3v) is 5.33. The number of hydrogen-bond acceptors (Lipinski definition) is 7. The molecule has 3 N–H and O–H groups in total. The summed E-state index contributed by atoms with van der Waals surface area (Å²) in [7, 11) is 2.84. The molecule has 1 aromatic carbocycles. The lowest BCUT2D eigenvalue weighted by Gasteiger charge is -2.14. The molecule has 2 aromatic heterocycles. The van der Waals surface area contributed by atoms with Crippen LogP contribution in [0.1, 0.15) is 42.9 Å². The number of pyridine rings is 1. The third kappa shape index (κ3) is 8.06. The number of nitrogens with one attached hydrogen (secondary N) is 1. The number of hydrogen-bond donors (Lipinski definition) is 2. The average molecular weight is 559 g/mol. The van der Waals surface area contributed by atoms with E-state index < -0.39 is 17.8 Å². The third-order valence-electron chi connectivity index (χ3n) is 5.33. The molecule has 3 aromatic rings. The smallest absolute Gasteiger partial charge is 0.433 e. The number of rotatable bonds is 8. The van der Waals surface area contributed by atoms with Gasteiger partial charge in [-0.1, -0.05) is 38.7 Å². The summed E-state index contributed by atoms with van der Waals surface area (Å²) in [4.78, 5) is 20.5. The van der Waals surface area contributed by atoms with E-state index in [2.05, 4.69) is 27.6 Å². The van der Waals surface area contributed by atoms with Crippen LogP contribution in [0.3, 0.4) is 0 Å². The Morgan fingerprint density at radius 2 is 1.95 bits per heavy atom. The highest BCUT2D eigenvalue weighted by atomic mass is 19.4. The normalized spacial score (nSPS) is 12.7. The van der Waals surface area contributed by atoms with Crippen LogP contribution in [0.2, 0.25) is 0 Å². The van der Waals surface area contributed by atoms with Gasteiger partial charge in [-0.05, 0) is 49.4 Å². The number of oxazole rings is 1. The molecule has 0 atom stereocenters. The van der Waals surface area contributed by atoms with Crippen LogP contribution in [0.5, 0.6) is 5.75 Å². The Labute approximate surface area is 231 Å². The van der Waals surface area contributed by atoms with Crippen LogP contribution in [-0.2, 0) is 10.9 Å². The summed E-state index contributed by atoms with van der Waals surface area (Å²) in [6.07, 6.45) is 6.86. The lowest BCUT2D eigenvalue weighted by molar-refractivity contribution is -0.140. The highest BCUT2D eigenvalue weighted by Gasteiger charge is 2.33. The molecular weight excluding hydrogens is 525 g/mol. The predicted molar refractivity (Wildman–Crippen MR) is 148 cm³/mol. The van der Waals surface area contributed by atoms with Crippen LogP contribution in [0.25, 0.3) is 22.4 Å². The van der Waals surface area contributed by atoms with Gasteiger partial charge in [-0.2, -0.15) is 13.2 Å². The second-order valence-electron chi connectivity index (χ2n) is 7.76. The number of methoxy groups -OCH3 is 1. The summed E-state index contributed by atoms with van der Waals surface area (Å²) in [5, 5.41) is 3.10. The van der Waals surface area contributed by atoms with Gasteiger partial charge in [-0.3, -0.25) is 4.79 Å². The maximum atomic E-state index is 13.2. The first kappa shape index (κ1) is 31.8. The van der Waals surface area contributed by atoms with Gasteiger partial charge in [0, 0.05) is 23.9 Å². The number of ether oxygens (including phenoxy) is 2. The Kier molecular flexibility index (Phi) is 12.2. The Bertz CT molecular complexity index is 1390. The lowest BCUT2D eigenvalue weighted by atomic mass is 10.1. The molecule has 1 aliphatic rings. The molecule has 4 rings (SSSR count). The van der Waals surface area contributed by atoms with Crippen molar-refractivity contribution in [1.29, 1.82) is 0 Å². The van der Waals surface area contributed by atoms with Crippen molar-refractivity contribution in [3.63, 3.8) is 0 Å². The zero-order valence-corrected chi connectivity index (χ0v) is 22.8. The number of nitrogens with two attached hydrogens (primary N) is 1. The lowest BCUT2D eigenvalue weighted by Crippen LogP contribution is -2.26. The first-order chi connectivity index (χ1) is 19.3. The maximum Gasteiger partial charge on any atom is 0.433 e. The molecule has 11 heteroatoms. The number of carbonyl (C=O) groups excluding carboxylic acids is 1. The van der Waals surface area contributed by atoms with Crippen molar-refractivity contribution in [3.05, 3.63) is 90.4 Å². The number of allylic oxidation sites excluding steroid dienone is 4. The van der Waals surface area contributed by atoms with Crippen molar-refractivity contribution in [2.75, 3.05) is 20.7 Å². The molecule has 0 aliphatic carbocycles. The molecule has 1 aliphatic heterocycles. The van der Waals surface area contributed by atoms with E-state index in [-0.39, 0.29) is 29.4 Å². The van der Waals surface area contributed by atoms with E-state index in [1.165, 1.54) is 32.6 Å². The highest BCUT2D eigenvalue weighted by Crippen LogP contribution is 2.36. The van der Waals surface area contributed by atoms with Crippen molar-refractivity contribution in [2.24, 2.45) is 5.73 Å². The number of aromatic nitrogens is 2. The topological polar surface area (TPSA) is 112 Å². The molecule has 214 valence electrons. The van der Waals surface area contributed by atoms with Gasteiger partial charge in [0.1, 0.15) is 29.0 Å². The minimum absolute atomic E-state index is 0.00525. The van der Waals surface area contributed by atoms with Gasteiger partial charge in [0.25, 0.3) is 5.91 Å². The summed E-state index contributed by atoms with van der Waals surface area (Å²) in [5.41, 5.74) is 4.73. The van der Waals surface area contributed by atoms with E-state index in [0.29, 0.717) is 23.8 Å². The first-order valence-corrected chi connectivity index (χ1v) is 12.5. The minimum Gasteiger partial charge on any atom is -0.494 e. The second kappa shape index (κ2) is 15.3. The molecule has 0 unspecified atom stereocenters. The van der Waals surface area contributed by atoms with Gasteiger partial charge < -0.3 is 24.9 Å². The zero-order chi connectivity index (χ0) is 29.7. The van der Waals surface area contributed by atoms with Gasteiger partial charge in [0.15, 0.2) is 5.69 Å². The number of nitrogens with zero attached hydrogens (tertiary/aromatic N) is 2. The van der Waals surface area contributed by atoms with Crippen LogP contribution in [-0.4, -0.2) is 36.6 Å². The fourth-order valence-electron chi connectivity index (χ4n) is 3.51. The number of fused-ring (bicyclic) bond motifs is 1. The largest absolute Gasteiger partial charge is 0.494 e. The molecule has 1 amide bonds. The molecule has 8 nitrogen and oxygen atoms in total. The van der Waals surface area contributed by atoms with Crippen LogP contribution in [0.4, 0.5) is 13.2 Å². The number of carbonyl (C=O) groups is 1. The fraction of sp³-hybridized carbons (Fsp3) is 0.276. The van der Waals surface area contributed by atoms with E-state index in [4.69, 9.17) is 13.9 Å². The molecule has 0 fully saturated rings. The molecule has 0 saturated carbocycles. The standard InChI is InChI=1S/C26H22F3N3O4.C2H6.CH5N/c1-3-4-5-6-17-8-7-16(14-35-17)13-30-24(33)20-15-36-25(31-20)19-9-11-21(34-2)23-18(19)10-12-22(32-23)26(27,28)29;2*1-2/h3-5,8-12,14-15H,1,6-7,13H2,2H3,(H,30,33);1-2H3;2H2,1H3/b5-4-;;. The summed E-state index contributed by atoms with van der Waals surface area (Å²) >= 11 is 0.